The molecule has 198 valence electrons. The Labute approximate surface area is 225 Å². The fourth-order valence-corrected chi connectivity index (χ4v) is 5.97. The van der Waals surface area contributed by atoms with Gasteiger partial charge in [0.15, 0.2) is 0 Å². The topological polar surface area (TPSA) is 61.9 Å². The minimum absolute atomic E-state index is 0.0624. The zero-order valence-electron chi connectivity index (χ0n) is 22.0. The van der Waals surface area contributed by atoms with Crippen molar-refractivity contribution < 1.29 is 14.3 Å². The fraction of sp³-hybridized carbons (Fsp3) is 0.533. The van der Waals surface area contributed by atoms with Gasteiger partial charge in [-0.1, -0.05) is 42.8 Å². The molecule has 2 heterocycles. The van der Waals surface area contributed by atoms with Gasteiger partial charge < -0.3 is 19.9 Å². The summed E-state index contributed by atoms with van der Waals surface area (Å²) in [6.07, 6.45) is 5.48. The largest absolute Gasteiger partial charge is 0.497 e. The van der Waals surface area contributed by atoms with E-state index in [0.717, 1.165) is 81.6 Å². The summed E-state index contributed by atoms with van der Waals surface area (Å²) in [6, 6.07) is 15.7. The molecule has 2 saturated heterocycles. The van der Waals surface area contributed by atoms with E-state index < -0.39 is 0 Å². The molecule has 2 aromatic rings. The molecule has 1 saturated carbocycles. The summed E-state index contributed by atoms with van der Waals surface area (Å²) < 4.78 is 5.25. The number of piperidine rings is 1. The van der Waals surface area contributed by atoms with E-state index >= 15 is 0 Å². The number of methoxy groups -OCH3 is 1. The van der Waals surface area contributed by atoms with Gasteiger partial charge in [0.1, 0.15) is 5.75 Å². The molecule has 1 atom stereocenters. The highest BCUT2D eigenvalue weighted by molar-refractivity contribution is 6.30. The summed E-state index contributed by atoms with van der Waals surface area (Å²) in [4.78, 5) is 30.8. The molecule has 3 aliphatic rings. The fourth-order valence-electron chi connectivity index (χ4n) is 5.77. The summed E-state index contributed by atoms with van der Waals surface area (Å²) in [5.74, 6) is 1.28. The van der Waals surface area contributed by atoms with Gasteiger partial charge in [0.2, 0.25) is 11.8 Å². The van der Waals surface area contributed by atoms with Crippen LogP contribution in [0.15, 0.2) is 48.5 Å². The third-order valence-corrected chi connectivity index (χ3v) is 9.02. The Hall–Kier alpha value is -2.57. The highest BCUT2D eigenvalue weighted by Crippen LogP contribution is 2.46. The van der Waals surface area contributed by atoms with Crippen molar-refractivity contribution in [3.63, 3.8) is 0 Å². The minimum atomic E-state index is -0.218. The average Bonchev–Trinajstić information content (AvgIpc) is 3.61. The highest BCUT2D eigenvalue weighted by Gasteiger charge is 2.48. The molecule has 1 aliphatic carbocycles. The molecule has 6 nitrogen and oxygen atoms in total. The Morgan fingerprint density at radius 2 is 1.76 bits per heavy atom. The van der Waals surface area contributed by atoms with E-state index in [1.807, 2.05) is 60.4 Å². The van der Waals surface area contributed by atoms with Gasteiger partial charge in [-0.05, 0) is 87.0 Å². The molecular weight excluding hydrogens is 486 g/mol. The van der Waals surface area contributed by atoms with Gasteiger partial charge in [0, 0.05) is 30.1 Å². The molecule has 0 aromatic heterocycles. The second kappa shape index (κ2) is 10.7. The summed E-state index contributed by atoms with van der Waals surface area (Å²) in [6.45, 7) is 6.23. The number of likely N-dealkylation sites (tertiary alicyclic amines) is 2. The number of amides is 2. The molecule has 2 amide bonds. The summed E-state index contributed by atoms with van der Waals surface area (Å²) in [7, 11) is 1.66. The standard InChI is InChI=1S/C30H38ClN3O3/c1-29(11-12-29)27(35)32-26(23-4-3-5-24(31)20-23)10-16-33-17-13-30(14-18-33)15-19-34(28(30)36)21-22-6-8-25(37-2)9-7-22/h3-9,20,26H,10-19,21H2,1-2H3,(H,32,35). The van der Waals surface area contributed by atoms with Gasteiger partial charge >= 0.3 is 0 Å². The van der Waals surface area contributed by atoms with Crippen LogP contribution in [0.5, 0.6) is 5.75 Å². The van der Waals surface area contributed by atoms with Crippen molar-refractivity contribution in [2.75, 3.05) is 33.3 Å². The molecule has 7 heteroatoms. The van der Waals surface area contributed by atoms with Crippen LogP contribution < -0.4 is 10.1 Å². The number of nitrogens with one attached hydrogen (secondary N) is 1. The number of rotatable bonds is 9. The Morgan fingerprint density at radius 3 is 2.41 bits per heavy atom. The number of nitrogens with zero attached hydrogens (tertiary/aromatic N) is 2. The van der Waals surface area contributed by atoms with Gasteiger partial charge in [-0.15, -0.1) is 0 Å². The quantitative estimate of drug-likeness (QED) is 0.490. The second-order valence-corrected chi connectivity index (χ2v) is 11.8. The molecule has 0 radical (unpaired) electrons. The number of hydrogen-bond acceptors (Lipinski definition) is 4. The summed E-state index contributed by atoms with van der Waals surface area (Å²) >= 11 is 6.27. The number of halogens is 1. The lowest BCUT2D eigenvalue weighted by atomic mass is 9.77. The van der Waals surface area contributed by atoms with E-state index in [2.05, 4.69) is 10.2 Å². The van der Waals surface area contributed by atoms with Crippen molar-refractivity contribution >= 4 is 23.4 Å². The number of carbonyl (C=O) groups is 2. The SMILES string of the molecule is COc1ccc(CN2CCC3(CCN(CCC(NC(=O)C4(C)CC4)c4cccc(Cl)c4)CC3)C2=O)cc1. The smallest absolute Gasteiger partial charge is 0.229 e. The molecule has 0 bridgehead atoms. The normalized spacial score (nSPS) is 21.2. The molecule has 1 N–H and O–H groups in total. The zero-order valence-corrected chi connectivity index (χ0v) is 22.7. The summed E-state index contributed by atoms with van der Waals surface area (Å²) in [5.41, 5.74) is 1.76. The van der Waals surface area contributed by atoms with Gasteiger partial charge in [-0.3, -0.25) is 9.59 Å². The Morgan fingerprint density at radius 1 is 1.05 bits per heavy atom. The van der Waals surface area contributed by atoms with Crippen molar-refractivity contribution in [3.05, 3.63) is 64.7 Å². The maximum Gasteiger partial charge on any atom is 0.229 e. The summed E-state index contributed by atoms with van der Waals surface area (Å²) in [5, 5.41) is 3.99. The third-order valence-electron chi connectivity index (χ3n) is 8.79. The van der Waals surface area contributed by atoms with Crippen LogP contribution in [0.4, 0.5) is 0 Å². The Kier molecular flexibility index (Phi) is 7.51. The van der Waals surface area contributed by atoms with E-state index in [1.165, 1.54) is 0 Å². The van der Waals surface area contributed by atoms with E-state index in [9.17, 15) is 9.59 Å². The number of ether oxygens (including phenoxy) is 1. The van der Waals surface area contributed by atoms with Crippen LogP contribution in [0.2, 0.25) is 5.02 Å². The first kappa shape index (κ1) is 26.1. The van der Waals surface area contributed by atoms with Crippen molar-refractivity contribution in [1.29, 1.82) is 0 Å². The van der Waals surface area contributed by atoms with Crippen LogP contribution in [0, 0.1) is 10.8 Å². The monoisotopic (exact) mass is 523 g/mol. The van der Waals surface area contributed by atoms with Crippen LogP contribution >= 0.6 is 11.6 Å². The van der Waals surface area contributed by atoms with Crippen molar-refractivity contribution in [2.24, 2.45) is 10.8 Å². The van der Waals surface area contributed by atoms with Gasteiger partial charge in [0.25, 0.3) is 0 Å². The lowest BCUT2D eigenvalue weighted by molar-refractivity contribution is -0.139. The predicted molar refractivity (Wildman–Crippen MR) is 145 cm³/mol. The minimum Gasteiger partial charge on any atom is -0.497 e. The van der Waals surface area contributed by atoms with Crippen LogP contribution in [-0.2, 0) is 16.1 Å². The Bertz CT molecular complexity index is 1120. The van der Waals surface area contributed by atoms with E-state index in [1.54, 1.807) is 7.11 Å². The molecule has 3 fully saturated rings. The molecule has 2 aromatic carbocycles. The molecule has 1 spiro atoms. The van der Waals surface area contributed by atoms with Gasteiger partial charge in [-0.25, -0.2) is 0 Å². The van der Waals surface area contributed by atoms with Crippen molar-refractivity contribution in [2.45, 2.75) is 58.0 Å². The number of carbonyl (C=O) groups excluding carboxylic acids is 2. The zero-order chi connectivity index (χ0) is 26.0. The molecule has 1 unspecified atom stereocenters. The predicted octanol–water partition coefficient (Wildman–Crippen LogP) is 5.21. The van der Waals surface area contributed by atoms with Gasteiger partial charge in [-0.2, -0.15) is 0 Å². The molecular formula is C30H38ClN3O3. The first-order valence-corrected chi connectivity index (χ1v) is 13.9. The van der Waals surface area contributed by atoms with Crippen LogP contribution in [0.1, 0.15) is 62.6 Å². The maximum absolute atomic E-state index is 13.4. The number of hydrogen-bond donors (Lipinski definition) is 1. The maximum atomic E-state index is 13.4. The second-order valence-electron chi connectivity index (χ2n) is 11.4. The van der Waals surface area contributed by atoms with E-state index in [0.29, 0.717) is 17.5 Å². The highest BCUT2D eigenvalue weighted by atomic mass is 35.5. The molecule has 2 aliphatic heterocycles. The lowest BCUT2D eigenvalue weighted by Gasteiger charge is -2.38. The van der Waals surface area contributed by atoms with E-state index in [-0.39, 0.29) is 22.8 Å². The van der Waals surface area contributed by atoms with E-state index in [4.69, 9.17) is 16.3 Å². The number of benzene rings is 2. The van der Waals surface area contributed by atoms with Crippen LogP contribution in [0.25, 0.3) is 0 Å². The molecule has 37 heavy (non-hydrogen) atoms. The van der Waals surface area contributed by atoms with Crippen molar-refractivity contribution in [1.82, 2.24) is 15.1 Å². The van der Waals surface area contributed by atoms with Crippen molar-refractivity contribution in [3.8, 4) is 5.75 Å². The average molecular weight is 524 g/mol. The molecule has 5 rings (SSSR count). The first-order chi connectivity index (χ1) is 17.8. The first-order valence-electron chi connectivity index (χ1n) is 13.5. The van der Waals surface area contributed by atoms with Crippen LogP contribution in [0.3, 0.4) is 0 Å². The van der Waals surface area contributed by atoms with Gasteiger partial charge in [0.05, 0.1) is 18.6 Å². The Balaban J connectivity index is 1.16. The van der Waals surface area contributed by atoms with Crippen LogP contribution in [-0.4, -0.2) is 54.9 Å². The third kappa shape index (κ3) is 5.80. The lowest BCUT2D eigenvalue weighted by Crippen LogP contribution is -2.45.